The topological polar surface area (TPSA) is 91.0 Å². The maximum absolute atomic E-state index is 12.2. The summed E-state index contributed by atoms with van der Waals surface area (Å²) in [6.45, 7) is 0.546. The van der Waals surface area contributed by atoms with Crippen LogP contribution in [0.2, 0.25) is 0 Å². The molecule has 8 heteroatoms. The van der Waals surface area contributed by atoms with E-state index in [4.69, 9.17) is 5.26 Å². The second kappa shape index (κ2) is 7.07. The van der Waals surface area contributed by atoms with E-state index in [1.54, 1.807) is 29.5 Å². The standard InChI is InChI=1S/C18H11N5OS2/c19-8-11-6-15-14(20-9-11)4-3-12(22-15)7-16-17(24)23-18(26-16)21-10-13-2-1-5-25-13/h1-7,9H,10H2,(H,21,23,24). The molecule has 4 rings (SSSR count). The van der Waals surface area contributed by atoms with Crippen LogP contribution in [0.25, 0.3) is 17.1 Å². The molecule has 1 fully saturated rings. The highest BCUT2D eigenvalue weighted by Gasteiger charge is 2.23. The van der Waals surface area contributed by atoms with Gasteiger partial charge in [0.25, 0.3) is 5.91 Å². The van der Waals surface area contributed by atoms with E-state index in [1.807, 2.05) is 29.6 Å². The highest BCUT2D eigenvalue weighted by molar-refractivity contribution is 8.18. The number of aromatic nitrogens is 2. The fourth-order valence-corrected chi connectivity index (χ4v) is 3.78. The summed E-state index contributed by atoms with van der Waals surface area (Å²) in [5.41, 5.74) is 2.40. The van der Waals surface area contributed by atoms with Crippen LogP contribution in [0.15, 0.2) is 51.8 Å². The summed E-state index contributed by atoms with van der Waals surface area (Å²) in [4.78, 5) is 26.9. The van der Waals surface area contributed by atoms with Gasteiger partial charge in [-0.15, -0.1) is 11.3 Å². The number of pyridine rings is 2. The van der Waals surface area contributed by atoms with Crippen LogP contribution < -0.4 is 5.32 Å². The number of carbonyl (C=O) groups is 1. The van der Waals surface area contributed by atoms with E-state index in [9.17, 15) is 4.79 Å². The van der Waals surface area contributed by atoms with Crippen LogP contribution in [0.1, 0.15) is 16.1 Å². The van der Waals surface area contributed by atoms with Gasteiger partial charge in [0.1, 0.15) is 6.07 Å². The first-order chi connectivity index (χ1) is 12.7. The van der Waals surface area contributed by atoms with Crippen LogP contribution in [-0.2, 0) is 11.3 Å². The Balaban J connectivity index is 1.57. The summed E-state index contributed by atoms with van der Waals surface area (Å²) in [7, 11) is 0. The molecule has 0 atom stereocenters. The van der Waals surface area contributed by atoms with E-state index < -0.39 is 0 Å². The van der Waals surface area contributed by atoms with E-state index in [-0.39, 0.29) is 5.91 Å². The molecule has 0 aliphatic carbocycles. The first-order valence-corrected chi connectivity index (χ1v) is 9.35. The highest BCUT2D eigenvalue weighted by Crippen LogP contribution is 2.26. The van der Waals surface area contributed by atoms with Gasteiger partial charge in [-0.3, -0.25) is 14.8 Å². The van der Waals surface area contributed by atoms with Gasteiger partial charge in [0.2, 0.25) is 0 Å². The van der Waals surface area contributed by atoms with Crippen molar-refractivity contribution in [2.45, 2.75) is 6.54 Å². The summed E-state index contributed by atoms with van der Waals surface area (Å²) in [5.74, 6) is -0.189. The number of aliphatic imine (C=N–C) groups is 1. The molecule has 1 N–H and O–H groups in total. The van der Waals surface area contributed by atoms with Crippen molar-refractivity contribution in [3.05, 3.63) is 62.9 Å². The highest BCUT2D eigenvalue weighted by atomic mass is 32.2. The number of thiophene rings is 1. The van der Waals surface area contributed by atoms with Crippen molar-refractivity contribution in [2.75, 3.05) is 0 Å². The van der Waals surface area contributed by atoms with Crippen molar-refractivity contribution >= 4 is 51.3 Å². The molecular weight excluding hydrogens is 366 g/mol. The molecular formula is C18H11N5OS2. The molecule has 1 amide bonds. The summed E-state index contributed by atoms with van der Waals surface area (Å²) in [6.07, 6.45) is 3.23. The number of nitrogens with one attached hydrogen (secondary N) is 1. The number of nitrogens with zero attached hydrogens (tertiary/aromatic N) is 4. The Morgan fingerprint density at radius 3 is 3.04 bits per heavy atom. The number of carbonyl (C=O) groups excluding carboxylic acids is 1. The largest absolute Gasteiger partial charge is 0.301 e. The molecule has 3 aromatic heterocycles. The molecule has 3 aromatic rings. The molecule has 0 unspecified atom stereocenters. The molecule has 1 aliphatic heterocycles. The number of amides is 1. The molecule has 0 radical (unpaired) electrons. The number of amidine groups is 1. The van der Waals surface area contributed by atoms with Gasteiger partial charge in [-0.2, -0.15) is 5.26 Å². The van der Waals surface area contributed by atoms with Gasteiger partial charge in [-0.05, 0) is 47.5 Å². The van der Waals surface area contributed by atoms with Gasteiger partial charge in [0, 0.05) is 11.1 Å². The number of hydrogen-bond acceptors (Lipinski definition) is 7. The fraction of sp³-hybridized carbons (Fsp3) is 0.0556. The van der Waals surface area contributed by atoms with Gasteiger partial charge in [0.05, 0.1) is 33.7 Å². The van der Waals surface area contributed by atoms with Crippen LogP contribution in [0, 0.1) is 11.3 Å². The van der Waals surface area contributed by atoms with Crippen molar-refractivity contribution in [1.82, 2.24) is 15.3 Å². The minimum absolute atomic E-state index is 0.189. The van der Waals surface area contributed by atoms with Crippen molar-refractivity contribution < 1.29 is 4.79 Å². The molecule has 0 spiro atoms. The van der Waals surface area contributed by atoms with Crippen LogP contribution in [0.3, 0.4) is 0 Å². The third-order valence-corrected chi connectivity index (χ3v) is 5.39. The first-order valence-electron chi connectivity index (χ1n) is 7.66. The van der Waals surface area contributed by atoms with E-state index in [0.29, 0.717) is 38.9 Å². The molecule has 1 aliphatic rings. The third kappa shape index (κ3) is 3.49. The predicted molar refractivity (Wildman–Crippen MR) is 103 cm³/mol. The number of hydrogen-bond donors (Lipinski definition) is 1. The summed E-state index contributed by atoms with van der Waals surface area (Å²) in [5, 5.41) is 14.3. The lowest BCUT2D eigenvalue weighted by Gasteiger charge is -1.99. The van der Waals surface area contributed by atoms with E-state index >= 15 is 0 Å². The smallest absolute Gasteiger partial charge is 0.264 e. The van der Waals surface area contributed by atoms with E-state index in [2.05, 4.69) is 20.3 Å². The SMILES string of the molecule is N#Cc1cnc2ccc(C=C3SC(=NCc4cccs4)NC3=O)nc2c1. The van der Waals surface area contributed by atoms with Gasteiger partial charge in [-0.1, -0.05) is 6.07 Å². The predicted octanol–water partition coefficient (Wildman–Crippen LogP) is 3.32. The second-order valence-electron chi connectivity index (χ2n) is 5.38. The lowest BCUT2D eigenvalue weighted by molar-refractivity contribution is -0.115. The zero-order valence-corrected chi connectivity index (χ0v) is 15.0. The average Bonchev–Trinajstić information content (AvgIpc) is 3.29. The van der Waals surface area contributed by atoms with Crippen LogP contribution in [-0.4, -0.2) is 21.0 Å². The zero-order chi connectivity index (χ0) is 17.9. The molecule has 0 bridgehead atoms. The second-order valence-corrected chi connectivity index (χ2v) is 7.44. The Kier molecular flexibility index (Phi) is 4.48. The lowest BCUT2D eigenvalue weighted by Crippen LogP contribution is -2.19. The Bertz CT molecular complexity index is 1100. The number of nitriles is 1. The quantitative estimate of drug-likeness (QED) is 0.707. The summed E-state index contributed by atoms with van der Waals surface area (Å²) >= 11 is 2.93. The monoisotopic (exact) mass is 377 g/mol. The minimum atomic E-state index is -0.189. The van der Waals surface area contributed by atoms with Gasteiger partial charge < -0.3 is 5.32 Å². The Hall–Kier alpha value is -3.02. The van der Waals surface area contributed by atoms with Crippen LogP contribution >= 0.6 is 23.1 Å². The Morgan fingerprint density at radius 1 is 1.31 bits per heavy atom. The van der Waals surface area contributed by atoms with Gasteiger partial charge >= 0.3 is 0 Å². The molecule has 6 nitrogen and oxygen atoms in total. The minimum Gasteiger partial charge on any atom is -0.301 e. The van der Waals surface area contributed by atoms with E-state index in [1.165, 1.54) is 18.0 Å². The van der Waals surface area contributed by atoms with Crippen molar-refractivity contribution in [3.63, 3.8) is 0 Å². The van der Waals surface area contributed by atoms with Gasteiger partial charge in [-0.25, -0.2) is 4.98 Å². The van der Waals surface area contributed by atoms with Crippen LogP contribution in [0.4, 0.5) is 0 Å². The number of fused-ring (bicyclic) bond motifs is 1. The van der Waals surface area contributed by atoms with E-state index in [0.717, 1.165) is 4.88 Å². The summed E-state index contributed by atoms with van der Waals surface area (Å²) < 4.78 is 0. The third-order valence-electron chi connectivity index (χ3n) is 3.58. The fourth-order valence-electron chi connectivity index (χ4n) is 2.35. The van der Waals surface area contributed by atoms with Crippen LogP contribution in [0.5, 0.6) is 0 Å². The lowest BCUT2D eigenvalue weighted by atomic mass is 10.2. The maximum Gasteiger partial charge on any atom is 0.264 e. The average molecular weight is 377 g/mol. The molecule has 26 heavy (non-hydrogen) atoms. The number of rotatable bonds is 3. The van der Waals surface area contributed by atoms with Crippen molar-refractivity contribution in [3.8, 4) is 6.07 Å². The molecule has 0 saturated carbocycles. The molecule has 4 heterocycles. The Morgan fingerprint density at radius 2 is 2.23 bits per heavy atom. The number of thioether (sulfide) groups is 1. The Labute approximate surface area is 157 Å². The molecule has 1 saturated heterocycles. The maximum atomic E-state index is 12.2. The summed E-state index contributed by atoms with van der Waals surface area (Å²) in [6, 6.07) is 11.3. The van der Waals surface area contributed by atoms with Gasteiger partial charge in [0.15, 0.2) is 5.17 Å². The first kappa shape index (κ1) is 16.4. The van der Waals surface area contributed by atoms with Crippen molar-refractivity contribution in [1.29, 1.82) is 5.26 Å². The zero-order valence-electron chi connectivity index (χ0n) is 13.3. The molecule has 126 valence electrons. The normalized spacial score (nSPS) is 17.0. The van der Waals surface area contributed by atoms with Crippen molar-refractivity contribution in [2.24, 2.45) is 4.99 Å². The molecule has 0 aromatic carbocycles.